The Labute approximate surface area is 229 Å². The molecular formula is C28H27IN4O4. The molecule has 5 N–H and O–H groups in total. The summed E-state index contributed by atoms with van der Waals surface area (Å²) in [6, 6.07) is 20.5. The van der Waals surface area contributed by atoms with Crippen molar-refractivity contribution < 1.29 is 19.4 Å². The minimum atomic E-state index is -0.737. The molecule has 3 aromatic carbocycles. The van der Waals surface area contributed by atoms with Crippen molar-refractivity contribution in [2.75, 3.05) is 16.4 Å². The van der Waals surface area contributed by atoms with E-state index in [1.54, 1.807) is 72.8 Å². The van der Waals surface area contributed by atoms with E-state index in [9.17, 15) is 14.7 Å². The third kappa shape index (κ3) is 8.25. The Balaban J connectivity index is 1.65. The molecule has 0 aliphatic carbocycles. The van der Waals surface area contributed by atoms with E-state index >= 15 is 0 Å². The molecule has 0 aliphatic rings. The second kappa shape index (κ2) is 13.3. The van der Waals surface area contributed by atoms with Crippen molar-refractivity contribution in [2.24, 2.45) is 5.92 Å². The summed E-state index contributed by atoms with van der Waals surface area (Å²) in [5, 5.41) is 24.8. The minimum Gasteiger partial charge on any atom is -0.508 e. The highest BCUT2D eigenvalue weighted by molar-refractivity contribution is 14.1. The summed E-state index contributed by atoms with van der Waals surface area (Å²) >= 11 is 2.13. The van der Waals surface area contributed by atoms with Gasteiger partial charge in [0.25, 0.3) is 0 Å². The Kier molecular flexibility index (Phi) is 9.92. The van der Waals surface area contributed by atoms with Crippen molar-refractivity contribution in [3.05, 3.63) is 93.6 Å². The largest absolute Gasteiger partial charge is 0.508 e. The highest BCUT2D eigenvalue weighted by Crippen LogP contribution is 2.36. The van der Waals surface area contributed by atoms with Gasteiger partial charge in [-0.05, 0) is 102 Å². The second-order valence-electron chi connectivity index (χ2n) is 8.38. The van der Waals surface area contributed by atoms with E-state index in [1.165, 1.54) is 6.08 Å². The average Bonchev–Trinajstić information content (AvgIpc) is 2.88. The van der Waals surface area contributed by atoms with Crippen LogP contribution in [0, 0.1) is 20.8 Å². The number of hydrogen-bond acceptors (Lipinski definition) is 6. The molecule has 8 nitrogen and oxygen atoms in total. The van der Waals surface area contributed by atoms with E-state index in [1.807, 2.05) is 13.0 Å². The third-order valence-electron chi connectivity index (χ3n) is 5.58. The quantitative estimate of drug-likeness (QED) is 0.127. The van der Waals surface area contributed by atoms with E-state index in [4.69, 9.17) is 15.7 Å². The summed E-state index contributed by atoms with van der Waals surface area (Å²) in [7, 11) is 0. The van der Waals surface area contributed by atoms with Gasteiger partial charge in [0.05, 0.1) is 23.0 Å². The first-order valence-electron chi connectivity index (χ1n) is 11.5. The Hall–Kier alpha value is -4.04. The maximum atomic E-state index is 12.7. The molecule has 3 aromatic rings. The number of carbonyl (C=O) groups is 2. The van der Waals surface area contributed by atoms with Crippen LogP contribution in [0.1, 0.15) is 37.0 Å². The number of nitrogens with zero attached hydrogens (tertiary/aromatic N) is 1. The van der Waals surface area contributed by atoms with Gasteiger partial charge >= 0.3 is 6.09 Å². The van der Waals surface area contributed by atoms with Crippen LogP contribution < -0.4 is 16.4 Å². The SMILES string of the molecule is C[C@@H](CC/C=C/C(=O)Nc1ccccc1N)[C@H](OC(=O)Nc1ccc(C#N)cc1)c1cc(I)ccc1O. The molecule has 0 fully saturated rings. The van der Waals surface area contributed by atoms with Crippen LogP contribution in [0.15, 0.2) is 78.9 Å². The zero-order chi connectivity index (χ0) is 26.8. The second-order valence-corrected chi connectivity index (χ2v) is 9.62. The van der Waals surface area contributed by atoms with Gasteiger partial charge in [-0.25, -0.2) is 4.79 Å². The van der Waals surface area contributed by atoms with E-state index in [2.05, 4.69) is 33.2 Å². The van der Waals surface area contributed by atoms with Gasteiger partial charge in [0, 0.05) is 14.8 Å². The van der Waals surface area contributed by atoms with Crippen LogP contribution in [-0.2, 0) is 9.53 Å². The number of nitrogen functional groups attached to an aromatic ring is 1. The molecule has 0 heterocycles. The number of amides is 2. The van der Waals surface area contributed by atoms with Gasteiger partial charge in [-0.3, -0.25) is 10.1 Å². The first-order chi connectivity index (χ1) is 17.8. The standard InChI is InChI=1S/C28H27IN4O4/c1-18(6-2-5-9-26(35)33-24-8-4-3-7-23(24)31)27(22-16-20(29)12-15-25(22)34)37-28(36)32-21-13-10-19(17-30)11-14-21/h3-5,7-16,18,27,34H,2,6,31H2,1H3,(H,32,36)(H,33,35)/b9-5+/t18-,27-/m0/s1. The van der Waals surface area contributed by atoms with E-state index in [-0.39, 0.29) is 17.6 Å². The summed E-state index contributed by atoms with van der Waals surface area (Å²) < 4.78 is 6.65. The monoisotopic (exact) mass is 610 g/mol. The highest BCUT2D eigenvalue weighted by Gasteiger charge is 2.26. The Bertz CT molecular complexity index is 1320. The van der Waals surface area contributed by atoms with Crippen LogP contribution in [0.25, 0.3) is 0 Å². The maximum absolute atomic E-state index is 12.7. The van der Waals surface area contributed by atoms with Gasteiger partial charge < -0.3 is 20.9 Å². The number of nitrogens with two attached hydrogens (primary N) is 1. The van der Waals surface area contributed by atoms with Gasteiger partial charge in [-0.1, -0.05) is 25.1 Å². The number of phenols is 1. The Morgan fingerprint density at radius 3 is 2.57 bits per heavy atom. The van der Waals surface area contributed by atoms with Crippen molar-refractivity contribution in [1.29, 1.82) is 5.26 Å². The fourth-order valence-electron chi connectivity index (χ4n) is 3.62. The maximum Gasteiger partial charge on any atom is 0.412 e. The number of hydrogen-bond donors (Lipinski definition) is 4. The minimum absolute atomic E-state index is 0.0267. The number of ether oxygens (including phenoxy) is 1. The molecule has 190 valence electrons. The molecule has 0 saturated carbocycles. The first-order valence-corrected chi connectivity index (χ1v) is 12.6. The van der Waals surface area contributed by atoms with Crippen molar-refractivity contribution >= 4 is 51.7 Å². The van der Waals surface area contributed by atoms with Crippen molar-refractivity contribution in [1.82, 2.24) is 0 Å². The Morgan fingerprint density at radius 1 is 1.14 bits per heavy atom. The van der Waals surface area contributed by atoms with Gasteiger partial charge in [0.1, 0.15) is 11.9 Å². The van der Waals surface area contributed by atoms with Crippen LogP contribution in [0.4, 0.5) is 21.9 Å². The molecule has 2 amide bonds. The first kappa shape index (κ1) is 27.5. The molecule has 0 radical (unpaired) electrons. The molecule has 0 saturated heterocycles. The van der Waals surface area contributed by atoms with Crippen LogP contribution >= 0.6 is 22.6 Å². The number of para-hydroxylation sites is 2. The average molecular weight is 610 g/mol. The van der Waals surface area contributed by atoms with Gasteiger partial charge in [-0.15, -0.1) is 0 Å². The van der Waals surface area contributed by atoms with E-state index < -0.39 is 12.2 Å². The number of phenolic OH excluding ortho intramolecular Hbond substituents is 1. The normalized spacial score (nSPS) is 12.4. The molecule has 3 rings (SSSR count). The molecular weight excluding hydrogens is 583 g/mol. The zero-order valence-electron chi connectivity index (χ0n) is 20.1. The number of halogens is 1. The van der Waals surface area contributed by atoms with Crippen molar-refractivity contribution in [3.63, 3.8) is 0 Å². The van der Waals surface area contributed by atoms with Gasteiger partial charge in [-0.2, -0.15) is 5.26 Å². The number of anilines is 3. The zero-order valence-corrected chi connectivity index (χ0v) is 22.3. The topological polar surface area (TPSA) is 137 Å². The predicted molar refractivity (Wildman–Crippen MR) is 152 cm³/mol. The summed E-state index contributed by atoms with van der Waals surface area (Å²) in [5.74, 6) is -0.456. The number of benzene rings is 3. The van der Waals surface area contributed by atoms with Crippen LogP contribution in [0.2, 0.25) is 0 Å². The summed E-state index contributed by atoms with van der Waals surface area (Å²) in [5.41, 5.74) is 8.33. The van der Waals surface area contributed by atoms with Crippen LogP contribution in [-0.4, -0.2) is 17.1 Å². The Morgan fingerprint density at radius 2 is 1.86 bits per heavy atom. The highest BCUT2D eigenvalue weighted by atomic mass is 127. The molecule has 0 bridgehead atoms. The number of nitrogens with one attached hydrogen (secondary N) is 2. The van der Waals surface area contributed by atoms with Crippen molar-refractivity contribution in [2.45, 2.75) is 25.9 Å². The molecule has 0 spiro atoms. The number of carbonyl (C=O) groups excluding carboxylic acids is 2. The predicted octanol–water partition coefficient (Wildman–Crippen LogP) is 6.35. The van der Waals surface area contributed by atoms with Gasteiger partial charge in [0.2, 0.25) is 5.91 Å². The lowest BCUT2D eigenvalue weighted by Gasteiger charge is -2.25. The summed E-state index contributed by atoms with van der Waals surface area (Å²) in [6.45, 7) is 1.91. The molecule has 0 unspecified atom stereocenters. The fraction of sp³-hybridized carbons (Fsp3) is 0.179. The van der Waals surface area contributed by atoms with Crippen LogP contribution in [0.5, 0.6) is 5.75 Å². The lowest BCUT2D eigenvalue weighted by atomic mass is 9.92. The molecule has 37 heavy (non-hydrogen) atoms. The van der Waals surface area contributed by atoms with Crippen molar-refractivity contribution in [3.8, 4) is 11.8 Å². The number of nitriles is 1. The van der Waals surface area contributed by atoms with Crippen LogP contribution in [0.3, 0.4) is 0 Å². The smallest absolute Gasteiger partial charge is 0.412 e. The van der Waals surface area contributed by atoms with E-state index in [0.717, 1.165) is 3.57 Å². The number of rotatable bonds is 9. The summed E-state index contributed by atoms with van der Waals surface area (Å²) in [6.07, 6.45) is 2.88. The number of aromatic hydroxyl groups is 1. The number of allylic oxidation sites excluding steroid dienone is 1. The van der Waals surface area contributed by atoms with E-state index in [0.29, 0.717) is 41.0 Å². The van der Waals surface area contributed by atoms with Gasteiger partial charge in [0.15, 0.2) is 0 Å². The molecule has 0 aliphatic heterocycles. The molecule has 0 aromatic heterocycles. The fourth-order valence-corrected chi connectivity index (χ4v) is 4.13. The lowest BCUT2D eigenvalue weighted by molar-refractivity contribution is -0.111. The lowest BCUT2D eigenvalue weighted by Crippen LogP contribution is -2.22. The molecule has 2 atom stereocenters. The summed E-state index contributed by atoms with van der Waals surface area (Å²) in [4.78, 5) is 24.9. The molecule has 9 heteroatoms. The third-order valence-corrected chi connectivity index (χ3v) is 6.25.